The van der Waals surface area contributed by atoms with E-state index >= 15 is 0 Å². The summed E-state index contributed by atoms with van der Waals surface area (Å²) in [5.41, 5.74) is 1.71. The number of carboxylic acid groups (broad SMARTS) is 2. The number of aliphatic carboxylic acids is 2. The summed E-state index contributed by atoms with van der Waals surface area (Å²) < 4.78 is 0. The van der Waals surface area contributed by atoms with Gasteiger partial charge in [0.2, 0.25) is 11.8 Å². The summed E-state index contributed by atoms with van der Waals surface area (Å²) in [6.45, 7) is 4.96. The lowest BCUT2D eigenvalue weighted by Crippen LogP contribution is -2.64. The predicted molar refractivity (Wildman–Crippen MR) is 195 cm³/mol. The van der Waals surface area contributed by atoms with E-state index in [2.05, 4.69) is 0 Å². The molecule has 260 valence electrons. The Kier molecular flexibility index (Phi) is 12.8. The van der Waals surface area contributed by atoms with Crippen LogP contribution in [0.4, 0.5) is 0 Å². The number of carbonyl (C=O) groups excluding carboxylic acids is 2. The van der Waals surface area contributed by atoms with Gasteiger partial charge >= 0.3 is 11.9 Å². The number of hydrogen-bond acceptors (Lipinski definition) is 6. The highest BCUT2D eigenvalue weighted by molar-refractivity contribution is 7.99. The van der Waals surface area contributed by atoms with Crippen molar-refractivity contribution >= 4 is 47.3 Å². The Morgan fingerprint density at radius 2 is 0.820 bits per heavy atom. The SMILES string of the molecule is CCCN(Cc1ccc(Sc2ccccc2)cc1)C(=O)[C@H]1C(C(=O)O)C(C(=O)O)[C@@H]1C(=O)N(CCC)Cc1ccc(Sc2ccccc2)cc1. The molecule has 1 aliphatic rings. The Labute approximate surface area is 301 Å². The molecule has 4 aromatic carbocycles. The predicted octanol–water partition coefficient (Wildman–Crippen LogP) is 7.81. The zero-order valence-electron chi connectivity index (χ0n) is 28.2. The highest BCUT2D eigenvalue weighted by atomic mass is 32.2. The lowest BCUT2D eigenvalue weighted by molar-refractivity contribution is -0.187. The summed E-state index contributed by atoms with van der Waals surface area (Å²) >= 11 is 3.24. The molecule has 2 unspecified atom stereocenters. The molecule has 8 nitrogen and oxygen atoms in total. The van der Waals surface area contributed by atoms with Gasteiger partial charge in [-0.2, -0.15) is 0 Å². The van der Waals surface area contributed by atoms with Gasteiger partial charge in [-0.1, -0.05) is 98.0 Å². The van der Waals surface area contributed by atoms with E-state index in [9.17, 15) is 29.4 Å². The minimum atomic E-state index is -1.50. The lowest BCUT2D eigenvalue weighted by Gasteiger charge is -2.48. The molecule has 2 amide bonds. The molecule has 2 N–H and O–H groups in total. The minimum Gasteiger partial charge on any atom is -0.481 e. The minimum absolute atomic E-state index is 0.219. The van der Waals surface area contributed by atoms with Gasteiger partial charge in [0.15, 0.2) is 0 Å². The number of nitrogens with zero attached hydrogens (tertiary/aromatic N) is 2. The summed E-state index contributed by atoms with van der Waals surface area (Å²) in [7, 11) is 0. The molecule has 0 saturated heterocycles. The quantitative estimate of drug-likeness (QED) is 0.121. The van der Waals surface area contributed by atoms with Crippen molar-refractivity contribution in [2.24, 2.45) is 23.7 Å². The standard InChI is InChI=1S/C40H42N2O6S2/c1-3-23-41(25-27-15-19-31(20-16-27)49-29-11-7-5-8-12-29)37(43)33-34(36(40(47)48)35(33)39(45)46)38(44)42(24-4-2)26-28-17-21-32(22-18-28)50-30-13-9-6-10-14-30/h5-22,33-36H,3-4,23-26H2,1-2H3,(H,45,46)(H,47,48)/t33-,34-,35?,36?/m1/s1. The molecule has 0 spiro atoms. The third-order valence-corrected chi connectivity index (χ3v) is 10.9. The van der Waals surface area contributed by atoms with Gasteiger partial charge in [-0.05, 0) is 72.5 Å². The largest absolute Gasteiger partial charge is 0.481 e. The van der Waals surface area contributed by atoms with Crippen LogP contribution in [0.1, 0.15) is 37.8 Å². The Bertz CT molecular complexity index is 1620. The van der Waals surface area contributed by atoms with Crippen molar-refractivity contribution in [1.82, 2.24) is 9.80 Å². The summed E-state index contributed by atoms with van der Waals surface area (Å²) in [5.74, 6) is -9.35. The molecule has 0 heterocycles. The summed E-state index contributed by atoms with van der Waals surface area (Å²) in [6.07, 6.45) is 1.22. The van der Waals surface area contributed by atoms with Crippen molar-refractivity contribution in [2.75, 3.05) is 13.1 Å². The van der Waals surface area contributed by atoms with Crippen molar-refractivity contribution in [1.29, 1.82) is 0 Å². The van der Waals surface area contributed by atoms with Gasteiger partial charge in [-0.3, -0.25) is 19.2 Å². The van der Waals surface area contributed by atoms with Gasteiger partial charge in [0.05, 0.1) is 23.7 Å². The van der Waals surface area contributed by atoms with E-state index < -0.39 is 47.4 Å². The normalized spacial score (nSPS) is 18.1. The van der Waals surface area contributed by atoms with Crippen LogP contribution in [0, 0.1) is 23.7 Å². The third-order valence-electron chi connectivity index (χ3n) is 8.85. The Balaban J connectivity index is 1.35. The topological polar surface area (TPSA) is 115 Å². The van der Waals surface area contributed by atoms with E-state index in [1.807, 2.05) is 123 Å². The first kappa shape index (κ1) is 36.7. The second kappa shape index (κ2) is 17.4. The molecule has 1 aliphatic carbocycles. The molecule has 5 rings (SSSR count). The molecule has 50 heavy (non-hydrogen) atoms. The molecule has 4 atom stereocenters. The Morgan fingerprint density at radius 1 is 0.500 bits per heavy atom. The molecule has 0 aliphatic heterocycles. The van der Waals surface area contributed by atoms with Crippen LogP contribution >= 0.6 is 23.5 Å². The van der Waals surface area contributed by atoms with Crippen LogP contribution in [0.3, 0.4) is 0 Å². The van der Waals surface area contributed by atoms with Gasteiger partial charge in [0.1, 0.15) is 0 Å². The molecule has 1 fully saturated rings. The smallest absolute Gasteiger partial charge is 0.308 e. The average molecular weight is 711 g/mol. The fourth-order valence-electron chi connectivity index (χ4n) is 6.49. The number of amides is 2. The number of hydrogen-bond donors (Lipinski definition) is 2. The second-order valence-corrected chi connectivity index (χ2v) is 14.7. The number of benzene rings is 4. The van der Waals surface area contributed by atoms with Crippen LogP contribution in [0.25, 0.3) is 0 Å². The van der Waals surface area contributed by atoms with E-state index in [0.29, 0.717) is 25.9 Å². The molecule has 0 aromatic heterocycles. The highest BCUT2D eigenvalue weighted by Crippen LogP contribution is 2.49. The van der Waals surface area contributed by atoms with Crippen molar-refractivity contribution in [3.05, 3.63) is 120 Å². The van der Waals surface area contributed by atoms with Gasteiger partial charge < -0.3 is 20.0 Å². The molecule has 10 heteroatoms. The Hall–Kier alpha value is -4.54. The average Bonchev–Trinajstić information content (AvgIpc) is 3.09. The monoisotopic (exact) mass is 710 g/mol. The second-order valence-electron chi connectivity index (χ2n) is 12.4. The van der Waals surface area contributed by atoms with Crippen molar-refractivity contribution < 1.29 is 29.4 Å². The van der Waals surface area contributed by atoms with Crippen LogP contribution in [-0.2, 0) is 32.3 Å². The molecule has 0 radical (unpaired) electrons. The van der Waals surface area contributed by atoms with E-state index in [1.54, 1.807) is 33.3 Å². The van der Waals surface area contributed by atoms with E-state index in [-0.39, 0.29) is 13.1 Å². The third kappa shape index (κ3) is 8.97. The van der Waals surface area contributed by atoms with Gasteiger partial charge in [-0.25, -0.2) is 0 Å². The number of rotatable bonds is 16. The maximum Gasteiger partial charge on any atom is 0.308 e. The zero-order valence-corrected chi connectivity index (χ0v) is 29.8. The first-order valence-corrected chi connectivity index (χ1v) is 18.5. The first-order valence-electron chi connectivity index (χ1n) is 16.9. The first-order chi connectivity index (χ1) is 24.2. The van der Waals surface area contributed by atoms with E-state index in [4.69, 9.17) is 0 Å². The fraction of sp³-hybridized carbons (Fsp3) is 0.300. The van der Waals surface area contributed by atoms with Crippen molar-refractivity contribution in [2.45, 2.75) is 59.4 Å². The molecule has 4 aromatic rings. The highest BCUT2D eigenvalue weighted by Gasteiger charge is 2.64. The number of carbonyl (C=O) groups is 4. The van der Waals surface area contributed by atoms with Gasteiger partial charge in [-0.15, -0.1) is 0 Å². The molecule has 1 saturated carbocycles. The van der Waals surface area contributed by atoms with Crippen LogP contribution < -0.4 is 0 Å². The van der Waals surface area contributed by atoms with Crippen LogP contribution in [0.15, 0.2) is 129 Å². The van der Waals surface area contributed by atoms with Crippen LogP contribution in [-0.4, -0.2) is 56.9 Å². The van der Waals surface area contributed by atoms with E-state index in [1.165, 1.54) is 0 Å². The fourth-order valence-corrected chi connectivity index (χ4v) is 8.16. The maximum atomic E-state index is 14.2. The van der Waals surface area contributed by atoms with Crippen molar-refractivity contribution in [3.8, 4) is 0 Å². The van der Waals surface area contributed by atoms with Gasteiger partial charge in [0, 0.05) is 45.8 Å². The van der Waals surface area contributed by atoms with Gasteiger partial charge in [0.25, 0.3) is 0 Å². The molecular formula is C40H42N2O6S2. The molecule has 0 bridgehead atoms. The maximum absolute atomic E-state index is 14.2. The Morgan fingerprint density at radius 3 is 1.12 bits per heavy atom. The summed E-state index contributed by atoms with van der Waals surface area (Å²) in [4.78, 5) is 60.9. The lowest BCUT2D eigenvalue weighted by atomic mass is 9.55. The molecular weight excluding hydrogens is 669 g/mol. The summed E-state index contributed by atoms with van der Waals surface area (Å²) in [6, 6.07) is 35.6. The van der Waals surface area contributed by atoms with E-state index in [0.717, 1.165) is 30.7 Å². The van der Waals surface area contributed by atoms with Crippen LogP contribution in [0.2, 0.25) is 0 Å². The van der Waals surface area contributed by atoms with Crippen LogP contribution in [0.5, 0.6) is 0 Å². The number of carboxylic acids is 2. The van der Waals surface area contributed by atoms with Crippen molar-refractivity contribution in [3.63, 3.8) is 0 Å². The zero-order chi connectivity index (χ0) is 35.6. The summed E-state index contributed by atoms with van der Waals surface area (Å²) in [5, 5.41) is 20.3.